The second kappa shape index (κ2) is 9.58. The SMILES string of the molecule is COc1ccccc1-c1csc(NC(=O)C(C)Sc2cccc(NC(C)=O)c2)n1. The van der Waals surface area contributed by atoms with E-state index < -0.39 is 0 Å². The number of rotatable bonds is 7. The van der Waals surface area contributed by atoms with Crippen LogP contribution in [0.1, 0.15) is 13.8 Å². The minimum Gasteiger partial charge on any atom is -0.496 e. The zero-order valence-corrected chi connectivity index (χ0v) is 17.9. The van der Waals surface area contributed by atoms with Crippen LogP contribution < -0.4 is 15.4 Å². The van der Waals surface area contributed by atoms with E-state index in [9.17, 15) is 9.59 Å². The number of carbonyl (C=O) groups is 2. The van der Waals surface area contributed by atoms with E-state index in [1.54, 1.807) is 7.11 Å². The first-order chi connectivity index (χ1) is 14.0. The van der Waals surface area contributed by atoms with Crippen LogP contribution in [0.5, 0.6) is 5.75 Å². The number of thioether (sulfide) groups is 1. The highest BCUT2D eigenvalue weighted by molar-refractivity contribution is 8.00. The van der Waals surface area contributed by atoms with Crippen molar-refractivity contribution in [2.45, 2.75) is 24.0 Å². The second-order valence-corrected chi connectivity index (χ2v) is 8.47. The summed E-state index contributed by atoms with van der Waals surface area (Å²) in [6.07, 6.45) is 0. The largest absolute Gasteiger partial charge is 0.496 e. The molecule has 0 saturated carbocycles. The van der Waals surface area contributed by atoms with Crippen LogP contribution in [-0.2, 0) is 9.59 Å². The predicted molar refractivity (Wildman–Crippen MR) is 119 cm³/mol. The van der Waals surface area contributed by atoms with Crippen molar-refractivity contribution in [3.63, 3.8) is 0 Å². The third-order valence-corrected chi connectivity index (χ3v) is 5.81. The highest BCUT2D eigenvalue weighted by Crippen LogP contribution is 2.32. The number of hydrogen-bond acceptors (Lipinski definition) is 6. The predicted octanol–water partition coefficient (Wildman–Crippen LogP) is 4.90. The molecule has 0 aliphatic carbocycles. The Morgan fingerprint density at radius 3 is 2.69 bits per heavy atom. The molecule has 2 N–H and O–H groups in total. The summed E-state index contributed by atoms with van der Waals surface area (Å²) in [5.74, 6) is 0.465. The maximum absolute atomic E-state index is 12.6. The van der Waals surface area contributed by atoms with Crippen molar-refractivity contribution in [3.8, 4) is 17.0 Å². The van der Waals surface area contributed by atoms with E-state index in [-0.39, 0.29) is 17.1 Å². The van der Waals surface area contributed by atoms with Gasteiger partial charge in [0.1, 0.15) is 5.75 Å². The van der Waals surface area contributed by atoms with Gasteiger partial charge in [-0.05, 0) is 37.3 Å². The number of thiazole rings is 1. The quantitative estimate of drug-likeness (QED) is 0.525. The van der Waals surface area contributed by atoms with Gasteiger partial charge in [-0.3, -0.25) is 9.59 Å². The third kappa shape index (κ3) is 5.58. The summed E-state index contributed by atoms with van der Waals surface area (Å²) in [5, 5.41) is 7.71. The van der Waals surface area contributed by atoms with Gasteiger partial charge in [0.15, 0.2) is 5.13 Å². The number of aromatic nitrogens is 1. The lowest BCUT2D eigenvalue weighted by Crippen LogP contribution is -2.22. The number of carbonyl (C=O) groups excluding carboxylic acids is 2. The summed E-state index contributed by atoms with van der Waals surface area (Å²) in [6.45, 7) is 3.29. The van der Waals surface area contributed by atoms with Crippen LogP contribution in [0.3, 0.4) is 0 Å². The van der Waals surface area contributed by atoms with Crippen molar-refractivity contribution >= 4 is 45.7 Å². The second-order valence-electron chi connectivity index (χ2n) is 6.20. The normalized spacial score (nSPS) is 11.6. The standard InChI is InChI=1S/C21H21N3O3S2/c1-13(29-16-8-6-7-15(11-16)22-14(2)25)20(26)24-21-23-18(12-28-21)17-9-4-5-10-19(17)27-3/h4-13H,1-3H3,(H,22,25)(H,23,24,26). The minimum absolute atomic E-state index is 0.132. The average Bonchev–Trinajstić information content (AvgIpc) is 3.16. The molecule has 8 heteroatoms. The summed E-state index contributed by atoms with van der Waals surface area (Å²) in [7, 11) is 1.62. The van der Waals surface area contributed by atoms with Gasteiger partial charge in [-0.1, -0.05) is 18.2 Å². The van der Waals surface area contributed by atoms with E-state index in [0.717, 1.165) is 21.9 Å². The number of nitrogens with one attached hydrogen (secondary N) is 2. The third-order valence-electron chi connectivity index (χ3n) is 3.95. The van der Waals surface area contributed by atoms with Gasteiger partial charge in [0, 0.05) is 28.5 Å². The molecule has 0 spiro atoms. The van der Waals surface area contributed by atoms with Crippen LogP contribution in [0.2, 0.25) is 0 Å². The van der Waals surface area contributed by atoms with Crippen molar-refractivity contribution in [2.75, 3.05) is 17.7 Å². The molecular formula is C21H21N3O3S2. The first-order valence-corrected chi connectivity index (χ1v) is 10.7. The number of hydrogen-bond donors (Lipinski definition) is 2. The first-order valence-electron chi connectivity index (χ1n) is 8.90. The van der Waals surface area contributed by atoms with Crippen molar-refractivity contribution < 1.29 is 14.3 Å². The summed E-state index contributed by atoms with van der Waals surface area (Å²) in [4.78, 5) is 29.2. The van der Waals surface area contributed by atoms with E-state index in [0.29, 0.717) is 10.8 Å². The maximum Gasteiger partial charge on any atom is 0.239 e. The first kappa shape index (κ1) is 20.9. The molecular weight excluding hydrogens is 406 g/mol. The Bertz CT molecular complexity index is 1020. The maximum atomic E-state index is 12.6. The van der Waals surface area contributed by atoms with E-state index in [1.807, 2.05) is 60.8 Å². The summed E-state index contributed by atoms with van der Waals surface area (Å²) in [6, 6.07) is 15.0. The Kier molecular flexibility index (Phi) is 6.90. The summed E-state index contributed by atoms with van der Waals surface area (Å²) < 4.78 is 5.38. The lowest BCUT2D eigenvalue weighted by Gasteiger charge is -2.11. The van der Waals surface area contributed by atoms with Crippen LogP contribution in [0.15, 0.2) is 58.8 Å². The molecule has 1 aromatic heterocycles. The molecule has 0 bridgehead atoms. The molecule has 3 aromatic rings. The molecule has 0 aliphatic rings. The molecule has 150 valence electrons. The highest BCUT2D eigenvalue weighted by Gasteiger charge is 2.17. The Morgan fingerprint density at radius 2 is 1.93 bits per heavy atom. The molecule has 0 aliphatic heterocycles. The molecule has 29 heavy (non-hydrogen) atoms. The summed E-state index contributed by atoms with van der Waals surface area (Å²) >= 11 is 2.78. The fraction of sp³-hybridized carbons (Fsp3) is 0.190. The van der Waals surface area contributed by atoms with Gasteiger partial charge in [0.25, 0.3) is 0 Å². The highest BCUT2D eigenvalue weighted by atomic mass is 32.2. The molecule has 1 heterocycles. The van der Waals surface area contributed by atoms with Gasteiger partial charge >= 0.3 is 0 Å². The number of anilines is 2. The zero-order chi connectivity index (χ0) is 20.8. The van der Waals surface area contributed by atoms with E-state index in [2.05, 4.69) is 15.6 Å². The Balaban J connectivity index is 1.65. The van der Waals surface area contributed by atoms with Crippen LogP contribution in [0.4, 0.5) is 10.8 Å². The molecule has 3 rings (SSSR count). The molecule has 1 atom stereocenters. The average molecular weight is 428 g/mol. The molecule has 0 saturated heterocycles. The number of para-hydroxylation sites is 1. The van der Waals surface area contributed by atoms with Crippen LogP contribution >= 0.6 is 23.1 Å². The number of ether oxygens (including phenoxy) is 1. The zero-order valence-electron chi connectivity index (χ0n) is 16.3. The summed E-state index contributed by atoms with van der Waals surface area (Å²) in [5.41, 5.74) is 2.34. The van der Waals surface area contributed by atoms with E-state index in [1.165, 1.54) is 30.0 Å². The van der Waals surface area contributed by atoms with Gasteiger partial charge in [0.05, 0.1) is 18.1 Å². The van der Waals surface area contributed by atoms with Crippen LogP contribution in [0.25, 0.3) is 11.3 Å². The van der Waals surface area contributed by atoms with Gasteiger partial charge in [0.2, 0.25) is 11.8 Å². The number of benzene rings is 2. The molecule has 1 unspecified atom stereocenters. The Morgan fingerprint density at radius 1 is 1.14 bits per heavy atom. The van der Waals surface area contributed by atoms with Crippen molar-refractivity contribution in [3.05, 3.63) is 53.9 Å². The Hall–Kier alpha value is -2.84. The van der Waals surface area contributed by atoms with Crippen LogP contribution in [-0.4, -0.2) is 29.2 Å². The van der Waals surface area contributed by atoms with Gasteiger partial charge in [-0.2, -0.15) is 0 Å². The lowest BCUT2D eigenvalue weighted by atomic mass is 10.1. The fourth-order valence-corrected chi connectivity index (χ4v) is 4.27. The fourth-order valence-electron chi connectivity index (χ4n) is 2.63. The number of methoxy groups -OCH3 is 1. The van der Waals surface area contributed by atoms with Crippen LogP contribution in [0, 0.1) is 0 Å². The molecule has 0 fully saturated rings. The molecule has 2 amide bonds. The van der Waals surface area contributed by atoms with E-state index in [4.69, 9.17) is 4.74 Å². The van der Waals surface area contributed by atoms with Crippen molar-refractivity contribution in [2.24, 2.45) is 0 Å². The Labute approximate surface area is 177 Å². The van der Waals surface area contributed by atoms with Gasteiger partial charge in [-0.15, -0.1) is 23.1 Å². The number of amides is 2. The van der Waals surface area contributed by atoms with E-state index >= 15 is 0 Å². The smallest absolute Gasteiger partial charge is 0.239 e. The topological polar surface area (TPSA) is 80.3 Å². The molecule has 2 aromatic carbocycles. The van der Waals surface area contributed by atoms with Crippen molar-refractivity contribution in [1.82, 2.24) is 4.98 Å². The molecule has 6 nitrogen and oxygen atoms in total. The monoisotopic (exact) mass is 427 g/mol. The molecule has 0 radical (unpaired) electrons. The lowest BCUT2D eigenvalue weighted by molar-refractivity contribution is -0.115. The minimum atomic E-state index is -0.332. The van der Waals surface area contributed by atoms with Crippen molar-refractivity contribution in [1.29, 1.82) is 0 Å². The number of nitrogens with zero attached hydrogens (tertiary/aromatic N) is 1. The van der Waals surface area contributed by atoms with Gasteiger partial charge < -0.3 is 15.4 Å². The van der Waals surface area contributed by atoms with Gasteiger partial charge in [-0.25, -0.2) is 4.98 Å².